The van der Waals surface area contributed by atoms with E-state index in [1.807, 2.05) is 6.92 Å². The first-order valence-corrected chi connectivity index (χ1v) is 6.82. The molecule has 0 spiro atoms. The fourth-order valence-electron chi connectivity index (χ4n) is 1.76. The van der Waals surface area contributed by atoms with Crippen LogP contribution in [-0.4, -0.2) is 23.7 Å². The predicted molar refractivity (Wildman–Crippen MR) is 83.1 cm³/mol. The summed E-state index contributed by atoms with van der Waals surface area (Å²) in [5.41, 5.74) is 6.48. The molecule has 2 rings (SSSR count). The zero-order valence-corrected chi connectivity index (χ0v) is 12.6. The second-order valence-electron chi connectivity index (χ2n) is 4.20. The molecule has 0 atom stereocenters. The molecule has 0 fully saturated rings. The van der Waals surface area contributed by atoms with Gasteiger partial charge in [0.1, 0.15) is 24.0 Å². The minimum absolute atomic E-state index is 0.308. The fourth-order valence-corrected chi connectivity index (χ4v) is 1.93. The van der Waals surface area contributed by atoms with Crippen molar-refractivity contribution in [3.05, 3.63) is 35.1 Å². The van der Waals surface area contributed by atoms with Crippen LogP contribution in [0.3, 0.4) is 0 Å². The Hall–Kier alpha value is -2.05. The van der Waals surface area contributed by atoms with Crippen molar-refractivity contribution in [1.29, 1.82) is 0 Å². The lowest BCUT2D eigenvalue weighted by Gasteiger charge is -2.12. The highest BCUT2D eigenvalue weighted by atomic mass is 35.5. The van der Waals surface area contributed by atoms with E-state index in [1.165, 1.54) is 0 Å². The maximum absolute atomic E-state index is 6.00. The highest BCUT2D eigenvalue weighted by Gasteiger charge is 2.08. The molecule has 1 aromatic carbocycles. The molecule has 0 aliphatic carbocycles. The van der Waals surface area contributed by atoms with Gasteiger partial charge in [-0.3, -0.25) is 0 Å². The van der Waals surface area contributed by atoms with Gasteiger partial charge in [0.15, 0.2) is 5.82 Å². The second kappa shape index (κ2) is 7.10. The van der Waals surface area contributed by atoms with Gasteiger partial charge in [-0.2, -0.15) is 0 Å². The topological polar surface area (TPSA) is 82.3 Å². The SMILES string of the molecule is CCOCc1nc(N)cc(Nc2cc(Cl)ccc2OC)n1. The van der Waals surface area contributed by atoms with Crippen molar-refractivity contribution in [3.63, 3.8) is 0 Å². The number of hydrogen-bond acceptors (Lipinski definition) is 6. The zero-order valence-electron chi connectivity index (χ0n) is 11.9. The molecule has 6 nitrogen and oxygen atoms in total. The van der Waals surface area contributed by atoms with Gasteiger partial charge in [0.25, 0.3) is 0 Å². The van der Waals surface area contributed by atoms with E-state index in [-0.39, 0.29) is 0 Å². The molecule has 0 aliphatic rings. The van der Waals surface area contributed by atoms with Crippen LogP contribution < -0.4 is 15.8 Å². The normalized spacial score (nSPS) is 10.4. The Morgan fingerprint density at radius 3 is 2.81 bits per heavy atom. The summed E-state index contributed by atoms with van der Waals surface area (Å²) in [6, 6.07) is 6.91. The van der Waals surface area contributed by atoms with Crippen LogP contribution in [0.25, 0.3) is 0 Å². The number of nitrogens with one attached hydrogen (secondary N) is 1. The number of anilines is 3. The van der Waals surface area contributed by atoms with Crippen molar-refractivity contribution in [2.45, 2.75) is 13.5 Å². The van der Waals surface area contributed by atoms with Crippen LogP contribution in [-0.2, 0) is 11.3 Å². The lowest BCUT2D eigenvalue weighted by molar-refractivity contribution is 0.128. The lowest BCUT2D eigenvalue weighted by Crippen LogP contribution is -2.05. The molecule has 0 unspecified atom stereocenters. The Morgan fingerprint density at radius 1 is 1.29 bits per heavy atom. The first-order chi connectivity index (χ1) is 10.1. The molecule has 0 aliphatic heterocycles. The van der Waals surface area contributed by atoms with Gasteiger partial charge in [-0.1, -0.05) is 11.6 Å². The molecule has 21 heavy (non-hydrogen) atoms. The summed E-state index contributed by atoms with van der Waals surface area (Å²) in [5, 5.41) is 3.72. The Labute approximate surface area is 128 Å². The van der Waals surface area contributed by atoms with Crippen molar-refractivity contribution in [2.75, 3.05) is 24.8 Å². The molecule has 3 N–H and O–H groups in total. The molecule has 1 heterocycles. The van der Waals surface area contributed by atoms with Gasteiger partial charge in [0.2, 0.25) is 0 Å². The smallest absolute Gasteiger partial charge is 0.158 e. The number of nitrogens with zero attached hydrogens (tertiary/aromatic N) is 2. The van der Waals surface area contributed by atoms with Crippen LogP contribution in [0.5, 0.6) is 5.75 Å². The number of hydrogen-bond donors (Lipinski definition) is 2. The van der Waals surface area contributed by atoms with Crippen LogP contribution in [0, 0.1) is 0 Å². The fraction of sp³-hybridized carbons (Fsp3) is 0.286. The van der Waals surface area contributed by atoms with Crippen molar-refractivity contribution in [2.24, 2.45) is 0 Å². The average molecular weight is 309 g/mol. The number of nitrogens with two attached hydrogens (primary N) is 1. The van der Waals surface area contributed by atoms with E-state index < -0.39 is 0 Å². The highest BCUT2D eigenvalue weighted by Crippen LogP contribution is 2.30. The van der Waals surface area contributed by atoms with Crippen LogP contribution >= 0.6 is 11.6 Å². The van der Waals surface area contributed by atoms with E-state index in [4.69, 9.17) is 26.8 Å². The van der Waals surface area contributed by atoms with Crippen LogP contribution in [0.2, 0.25) is 5.02 Å². The zero-order chi connectivity index (χ0) is 15.2. The van der Waals surface area contributed by atoms with Gasteiger partial charge in [-0.15, -0.1) is 0 Å². The van der Waals surface area contributed by atoms with E-state index in [9.17, 15) is 0 Å². The van der Waals surface area contributed by atoms with E-state index in [0.717, 1.165) is 0 Å². The number of ether oxygens (including phenoxy) is 2. The molecule has 2 aromatic rings. The van der Waals surface area contributed by atoms with Crippen molar-refractivity contribution >= 4 is 28.9 Å². The number of halogens is 1. The molecule has 1 aromatic heterocycles. The molecule has 0 saturated carbocycles. The standard InChI is InChI=1S/C14H17ClN4O2/c1-3-21-8-14-18-12(16)7-13(19-14)17-10-6-9(15)4-5-11(10)20-2/h4-7H,3,8H2,1-2H3,(H3,16,17,18,19). The highest BCUT2D eigenvalue weighted by molar-refractivity contribution is 6.31. The minimum Gasteiger partial charge on any atom is -0.495 e. The summed E-state index contributed by atoms with van der Waals surface area (Å²) in [6.45, 7) is 2.80. The predicted octanol–water partition coefficient (Wildman–Crippen LogP) is 3.00. The third-order valence-corrected chi connectivity index (χ3v) is 2.89. The van der Waals surface area contributed by atoms with Gasteiger partial charge in [0, 0.05) is 17.7 Å². The Balaban J connectivity index is 2.26. The van der Waals surface area contributed by atoms with E-state index in [1.54, 1.807) is 31.4 Å². The number of aromatic nitrogens is 2. The molecule has 0 saturated heterocycles. The monoisotopic (exact) mass is 308 g/mol. The maximum Gasteiger partial charge on any atom is 0.158 e. The maximum atomic E-state index is 6.00. The summed E-state index contributed by atoms with van der Waals surface area (Å²) >= 11 is 6.00. The Kier molecular flexibility index (Phi) is 5.19. The van der Waals surface area contributed by atoms with Gasteiger partial charge in [-0.05, 0) is 25.1 Å². The summed E-state index contributed by atoms with van der Waals surface area (Å²) in [6.07, 6.45) is 0. The van der Waals surface area contributed by atoms with Crippen LogP contribution in [0.4, 0.5) is 17.3 Å². The number of methoxy groups -OCH3 is 1. The summed E-state index contributed by atoms with van der Waals surface area (Å²) < 4.78 is 10.6. The number of benzene rings is 1. The Bertz CT molecular complexity index is 622. The van der Waals surface area contributed by atoms with Gasteiger partial charge >= 0.3 is 0 Å². The molecule has 0 amide bonds. The minimum atomic E-state index is 0.308. The summed E-state index contributed by atoms with van der Waals surface area (Å²) in [4.78, 5) is 8.46. The number of nitrogen functional groups attached to an aromatic ring is 1. The number of rotatable bonds is 6. The average Bonchev–Trinajstić information content (AvgIpc) is 2.45. The van der Waals surface area contributed by atoms with E-state index in [2.05, 4.69) is 15.3 Å². The van der Waals surface area contributed by atoms with Gasteiger partial charge < -0.3 is 20.5 Å². The van der Waals surface area contributed by atoms with Crippen molar-refractivity contribution in [1.82, 2.24) is 9.97 Å². The van der Waals surface area contributed by atoms with Crippen molar-refractivity contribution in [3.8, 4) is 5.75 Å². The third kappa shape index (κ3) is 4.21. The van der Waals surface area contributed by atoms with Gasteiger partial charge in [-0.25, -0.2) is 9.97 Å². The second-order valence-corrected chi connectivity index (χ2v) is 4.64. The molecule has 112 valence electrons. The first kappa shape index (κ1) is 15.3. The molecule has 0 bridgehead atoms. The summed E-state index contributed by atoms with van der Waals surface area (Å²) in [5.74, 6) is 2.09. The largest absolute Gasteiger partial charge is 0.495 e. The van der Waals surface area contributed by atoms with Crippen LogP contribution in [0.1, 0.15) is 12.7 Å². The third-order valence-electron chi connectivity index (χ3n) is 2.65. The Morgan fingerprint density at radius 2 is 2.10 bits per heavy atom. The lowest BCUT2D eigenvalue weighted by atomic mass is 10.3. The quantitative estimate of drug-likeness (QED) is 0.853. The molecular formula is C14H17ClN4O2. The molecule has 0 radical (unpaired) electrons. The molecule has 7 heteroatoms. The van der Waals surface area contributed by atoms with Gasteiger partial charge in [0.05, 0.1) is 12.8 Å². The van der Waals surface area contributed by atoms with Crippen molar-refractivity contribution < 1.29 is 9.47 Å². The van der Waals surface area contributed by atoms with E-state index in [0.29, 0.717) is 47.1 Å². The first-order valence-electron chi connectivity index (χ1n) is 6.44. The summed E-state index contributed by atoms with van der Waals surface area (Å²) in [7, 11) is 1.59. The molecular weight excluding hydrogens is 292 g/mol. The van der Waals surface area contributed by atoms with E-state index >= 15 is 0 Å². The van der Waals surface area contributed by atoms with Crippen LogP contribution in [0.15, 0.2) is 24.3 Å².